The minimum absolute atomic E-state index is 0.222. The van der Waals surface area contributed by atoms with Gasteiger partial charge in [-0.05, 0) is 25.8 Å². The van der Waals surface area contributed by atoms with Gasteiger partial charge < -0.3 is 5.32 Å². The van der Waals surface area contributed by atoms with E-state index in [9.17, 15) is 13.2 Å². The largest absolute Gasteiger partial charge is 0.389 e. The van der Waals surface area contributed by atoms with Crippen molar-refractivity contribution in [2.75, 3.05) is 19.6 Å². The van der Waals surface area contributed by atoms with Gasteiger partial charge in [-0.2, -0.15) is 13.2 Å². The lowest BCUT2D eigenvalue weighted by Crippen LogP contribution is -2.56. The maximum absolute atomic E-state index is 12.2. The molecule has 1 fully saturated rings. The molecule has 1 heterocycles. The van der Waals surface area contributed by atoms with Crippen molar-refractivity contribution < 1.29 is 13.2 Å². The number of hydrogen-bond donors (Lipinski definition) is 1. The Morgan fingerprint density at radius 2 is 2.00 bits per heavy atom. The lowest BCUT2D eigenvalue weighted by Gasteiger charge is -2.40. The molecule has 1 aliphatic rings. The second-order valence-corrected chi connectivity index (χ2v) is 5.17. The quantitative estimate of drug-likeness (QED) is 0.794. The highest BCUT2D eigenvalue weighted by Gasteiger charge is 2.29. The number of alkyl halides is 3. The predicted molar refractivity (Wildman–Crippen MR) is 67.6 cm³/mol. The van der Waals surface area contributed by atoms with Crippen molar-refractivity contribution in [3.8, 4) is 0 Å². The normalized spacial score (nSPS) is 26.5. The van der Waals surface area contributed by atoms with Crippen LogP contribution in [0.2, 0.25) is 0 Å². The van der Waals surface area contributed by atoms with E-state index in [4.69, 9.17) is 0 Å². The molecule has 0 spiro atoms. The van der Waals surface area contributed by atoms with Gasteiger partial charge in [-0.1, -0.05) is 20.3 Å². The minimum Gasteiger partial charge on any atom is -0.311 e. The molecule has 0 aliphatic carbocycles. The molecule has 5 heteroatoms. The van der Waals surface area contributed by atoms with Gasteiger partial charge in [0, 0.05) is 31.6 Å². The molecule has 0 bridgehead atoms. The van der Waals surface area contributed by atoms with E-state index in [1.54, 1.807) is 0 Å². The van der Waals surface area contributed by atoms with Gasteiger partial charge in [0.1, 0.15) is 0 Å². The molecule has 1 rings (SSSR count). The summed E-state index contributed by atoms with van der Waals surface area (Å²) in [6.07, 6.45) is -1.27. The third-order valence-electron chi connectivity index (χ3n) is 3.63. The van der Waals surface area contributed by atoms with Crippen molar-refractivity contribution in [2.24, 2.45) is 0 Å². The first-order valence-electron chi connectivity index (χ1n) is 7.00. The molecule has 2 atom stereocenters. The fraction of sp³-hybridized carbons (Fsp3) is 1.00. The fourth-order valence-electron chi connectivity index (χ4n) is 2.58. The molecule has 0 aromatic heterocycles. The number of rotatable bonds is 6. The molecule has 0 radical (unpaired) electrons. The lowest BCUT2D eigenvalue weighted by atomic mass is 10.0. The molecule has 18 heavy (non-hydrogen) atoms. The molecule has 1 aliphatic heterocycles. The number of nitrogens with one attached hydrogen (secondary N) is 1. The Balaban J connectivity index is 2.40. The van der Waals surface area contributed by atoms with Gasteiger partial charge in [0.15, 0.2) is 0 Å². The lowest BCUT2D eigenvalue weighted by molar-refractivity contribution is -0.136. The molecular formula is C13H25F3N2. The summed E-state index contributed by atoms with van der Waals surface area (Å²) in [5, 5.41) is 3.48. The smallest absolute Gasteiger partial charge is 0.311 e. The standard InChI is InChI=1S/C13H25F3N2/c1-3-6-12-9-17-11(4-2)10-18(12)8-5-7-13(14,15)16/h11-12,17H,3-10H2,1-2H3. The van der Waals surface area contributed by atoms with E-state index < -0.39 is 12.6 Å². The topological polar surface area (TPSA) is 15.3 Å². The molecule has 0 amide bonds. The first-order valence-corrected chi connectivity index (χ1v) is 7.00. The van der Waals surface area contributed by atoms with E-state index in [-0.39, 0.29) is 6.42 Å². The molecule has 0 aromatic rings. The minimum atomic E-state index is -4.02. The van der Waals surface area contributed by atoms with E-state index in [1.807, 2.05) is 0 Å². The highest BCUT2D eigenvalue weighted by molar-refractivity contribution is 4.85. The summed E-state index contributed by atoms with van der Waals surface area (Å²) >= 11 is 0. The van der Waals surface area contributed by atoms with Gasteiger partial charge in [-0.3, -0.25) is 4.90 Å². The summed E-state index contributed by atoms with van der Waals surface area (Å²) in [6, 6.07) is 0.843. The van der Waals surface area contributed by atoms with E-state index in [0.717, 1.165) is 32.4 Å². The first kappa shape index (κ1) is 15.8. The predicted octanol–water partition coefficient (Wildman–Crippen LogP) is 3.18. The SMILES string of the molecule is CCCC1CNC(CC)CN1CCCC(F)(F)F. The third-order valence-corrected chi connectivity index (χ3v) is 3.63. The van der Waals surface area contributed by atoms with E-state index in [1.165, 1.54) is 0 Å². The highest BCUT2D eigenvalue weighted by Crippen LogP contribution is 2.22. The first-order chi connectivity index (χ1) is 8.46. The van der Waals surface area contributed by atoms with Gasteiger partial charge in [0.25, 0.3) is 0 Å². The molecule has 0 aromatic carbocycles. The molecule has 2 nitrogen and oxygen atoms in total. The Hall–Kier alpha value is -0.290. The van der Waals surface area contributed by atoms with Gasteiger partial charge >= 0.3 is 6.18 Å². The summed E-state index contributed by atoms with van der Waals surface area (Å²) in [7, 11) is 0. The molecule has 1 N–H and O–H groups in total. The second-order valence-electron chi connectivity index (χ2n) is 5.17. The summed E-state index contributed by atoms with van der Waals surface area (Å²) in [5.41, 5.74) is 0. The number of nitrogens with zero attached hydrogens (tertiary/aromatic N) is 1. The Kier molecular flexibility index (Phi) is 6.43. The van der Waals surface area contributed by atoms with Crippen LogP contribution in [0.5, 0.6) is 0 Å². The molecule has 0 saturated carbocycles. The van der Waals surface area contributed by atoms with Crippen LogP contribution in [0.3, 0.4) is 0 Å². The van der Waals surface area contributed by atoms with Crippen molar-refractivity contribution in [3.63, 3.8) is 0 Å². The summed E-state index contributed by atoms with van der Waals surface area (Å²) < 4.78 is 36.5. The maximum atomic E-state index is 12.2. The summed E-state index contributed by atoms with van der Waals surface area (Å²) in [6.45, 7) is 6.62. The Labute approximate surface area is 108 Å². The summed E-state index contributed by atoms with van der Waals surface area (Å²) in [4.78, 5) is 2.25. The van der Waals surface area contributed by atoms with Crippen LogP contribution in [-0.2, 0) is 0 Å². The number of piperazine rings is 1. The van der Waals surface area contributed by atoms with Crippen molar-refractivity contribution in [2.45, 2.75) is 64.2 Å². The van der Waals surface area contributed by atoms with Crippen LogP contribution >= 0.6 is 0 Å². The van der Waals surface area contributed by atoms with Gasteiger partial charge in [0.2, 0.25) is 0 Å². The molecular weight excluding hydrogens is 241 g/mol. The van der Waals surface area contributed by atoms with Crippen LogP contribution in [0.4, 0.5) is 13.2 Å². The average Bonchev–Trinajstić information content (AvgIpc) is 2.30. The monoisotopic (exact) mass is 266 g/mol. The zero-order chi connectivity index (χ0) is 13.6. The number of hydrogen-bond acceptors (Lipinski definition) is 2. The van der Waals surface area contributed by atoms with Gasteiger partial charge in [-0.25, -0.2) is 0 Å². The molecule has 1 saturated heterocycles. The molecule has 2 unspecified atom stereocenters. The van der Waals surface area contributed by atoms with Crippen molar-refractivity contribution in [3.05, 3.63) is 0 Å². The van der Waals surface area contributed by atoms with E-state index in [0.29, 0.717) is 18.6 Å². The Bertz CT molecular complexity index is 231. The highest BCUT2D eigenvalue weighted by atomic mass is 19.4. The van der Waals surface area contributed by atoms with Gasteiger partial charge in [-0.15, -0.1) is 0 Å². The van der Waals surface area contributed by atoms with Crippen LogP contribution in [0.15, 0.2) is 0 Å². The average molecular weight is 266 g/mol. The number of halogens is 3. The van der Waals surface area contributed by atoms with Crippen molar-refractivity contribution in [1.29, 1.82) is 0 Å². The maximum Gasteiger partial charge on any atom is 0.389 e. The van der Waals surface area contributed by atoms with Crippen LogP contribution in [0.1, 0.15) is 46.0 Å². The van der Waals surface area contributed by atoms with Crippen LogP contribution in [-0.4, -0.2) is 42.8 Å². The Morgan fingerprint density at radius 3 is 2.56 bits per heavy atom. The van der Waals surface area contributed by atoms with Crippen molar-refractivity contribution in [1.82, 2.24) is 10.2 Å². The Morgan fingerprint density at radius 1 is 1.28 bits per heavy atom. The zero-order valence-corrected chi connectivity index (χ0v) is 11.4. The second kappa shape index (κ2) is 7.34. The van der Waals surface area contributed by atoms with Crippen molar-refractivity contribution >= 4 is 0 Å². The van der Waals surface area contributed by atoms with E-state index in [2.05, 4.69) is 24.1 Å². The zero-order valence-electron chi connectivity index (χ0n) is 11.4. The fourth-order valence-corrected chi connectivity index (χ4v) is 2.58. The van der Waals surface area contributed by atoms with Gasteiger partial charge in [0.05, 0.1) is 0 Å². The van der Waals surface area contributed by atoms with E-state index >= 15 is 0 Å². The summed E-state index contributed by atoms with van der Waals surface area (Å²) in [5.74, 6) is 0. The van der Waals surface area contributed by atoms with Crippen LogP contribution < -0.4 is 5.32 Å². The van der Waals surface area contributed by atoms with Crippen LogP contribution in [0.25, 0.3) is 0 Å². The van der Waals surface area contributed by atoms with Crippen LogP contribution in [0, 0.1) is 0 Å². The molecule has 108 valence electrons. The third kappa shape index (κ3) is 5.57.